The molecule has 0 aromatic heterocycles. The zero-order valence-corrected chi connectivity index (χ0v) is 61.6. The summed E-state index contributed by atoms with van der Waals surface area (Å²) in [5.74, 6) is -2.29. The molecular weight excluding hydrogens is 1320 g/mol. The predicted octanol–water partition coefficient (Wildman–Crippen LogP) is 14.3. The third-order valence-corrected chi connectivity index (χ3v) is 15.3. The van der Waals surface area contributed by atoms with E-state index in [9.17, 15) is 4.79 Å². The van der Waals surface area contributed by atoms with Crippen molar-refractivity contribution >= 4 is 23.9 Å². The van der Waals surface area contributed by atoms with Gasteiger partial charge in [-0.25, -0.2) is 19.2 Å². The van der Waals surface area contributed by atoms with E-state index in [0.717, 1.165) is 57.8 Å². The molecule has 5 rings (SSSR count). The smallest absolute Gasteiger partial charge is 0.339 e. The summed E-state index contributed by atoms with van der Waals surface area (Å²) in [6, 6.07) is 11.3. The first-order valence-electron chi connectivity index (χ1n) is 35.5. The first-order valence-corrected chi connectivity index (χ1v) is 35.5. The number of benzene rings is 4. The van der Waals surface area contributed by atoms with Crippen LogP contribution in [0.15, 0.2) is 48.5 Å². The second kappa shape index (κ2) is 48.1. The topological polar surface area (TPSA) is 271 Å². The van der Waals surface area contributed by atoms with E-state index in [0.29, 0.717) is 63.9 Å². The number of hydrogen-bond donors (Lipinski definition) is 0. The molecule has 566 valence electrons. The summed E-state index contributed by atoms with van der Waals surface area (Å²) in [5, 5.41) is 0. The number of esters is 4. The minimum absolute atomic E-state index is 0.0153. The maximum Gasteiger partial charge on any atom is 0.339 e. The third kappa shape index (κ3) is 26.8. The molecule has 0 saturated carbocycles. The highest BCUT2D eigenvalue weighted by molar-refractivity contribution is 5.94. The van der Waals surface area contributed by atoms with Gasteiger partial charge in [-0.3, -0.25) is 0 Å². The Morgan fingerprint density at radius 2 is 0.545 bits per heavy atom. The number of rotatable bonds is 54. The first kappa shape index (κ1) is 83.8. The SMILES string of the molecule is CCCCOc1cc(C(=O)OC2[C@H](OC)OC(COC(=O)c3cc(OCOC)c(OCCCC)c(OCOC)c3)[C@@H](OC(=O)c3cc(OCOC)c(OCCCC)c(OCOC)c3)[C@@H]2OC(=O)c2cc(OCCCC)c(OCCCC)c(OCCCC)c2)cc(OCCCC)c1OCCCC. The number of unbranched alkanes of at least 4 members (excludes halogenated alkanes) is 8. The van der Waals surface area contributed by atoms with E-state index in [1.54, 1.807) is 0 Å². The summed E-state index contributed by atoms with van der Waals surface area (Å²) in [6.07, 6.45) is 2.94. The predicted molar refractivity (Wildman–Crippen MR) is 373 cm³/mol. The lowest BCUT2D eigenvalue weighted by molar-refractivity contribution is -0.291. The number of methoxy groups -OCH3 is 5. The Balaban J connectivity index is 1.83. The van der Waals surface area contributed by atoms with E-state index in [1.165, 1.54) is 84.1 Å². The molecule has 1 aliphatic heterocycles. The second-order valence-corrected chi connectivity index (χ2v) is 23.5. The molecular formula is C75H110O26. The summed E-state index contributed by atoms with van der Waals surface area (Å²) in [5.41, 5.74) is -0.482. The number of carbonyl (C=O) groups is 4. The average Bonchev–Trinajstić information content (AvgIpc) is 0.778. The van der Waals surface area contributed by atoms with Crippen molar-refractivity contribution in [1.82, 2.24) is 0 Å². The summed E-state index contributed by atoms with van der Waals surface area (Å²) < 4.78 is 134. The molecule has 26 heteroatoms. The molecule has 2 unspecified atom stereocenters. The van der Waals surface area contributed by atoms with Crippen LogP contribution in [0.2, 0.25) is 0 Å². The number of ether oxygens (including phenoxy) is 22. The van der Waals surface area contributed by atoms with Crippen molar-refractivity contribution in [1.29, 1.82) is 0 Å². The average molecular weight is 1430 g/mol. The van der Waals surface area contributed by atoms with Crippen LogP contribution < -0.4 is 56.8 Å². The van der Waals surface area contributed by atoms with Gasteiger partial charge in [-0.15, -0.1) is 0 Å². The molecule has 0 spiro atoms. The van der Waals surface area contributed by atoms with Crippen LogP contribution in [-0.4, -0.2) is 177 Å². The van der Waals surface area contributed by atoms with E-state index < -0.39 is 61.2 Å². The normalized spacial score (nSPS) is 15.6. The van der Waals surface area contributed by atoms with E-state index in [4.69, 9.17) is 104 Å². The Morgan fingerprint density at radius 3 is 0.802 bits per heavy atom. The molecule has 0 amide bonds. The van der Waals surface area contributed by atoms with Gasteiger partial charge in [-0.2, -0.15) is 0 Å². The standard InChI is InChI=1S/C75H110O26/c1-14-22-30-85-55-40-52(41-56(86-31-23-15-2)64(55)89-34-26-18-5)73(78)100-69-68(99-72(77)54-44-61(96-49-82-11)67(92-37-29-21-8)62(45-54)97-50-83-12)63(46-93-71(76)51-38-59(94-47-80-9)66(91-36-28-20-7)60(39-51)95-48-81-10)98-75(84-13)70(69)101-74(79)53-42-57(87-32-24-16-3)65(90-35-27-19-6)58(43-53)88-33-25-17-4/h38-45,63,68-70,75H,14-37,46-50H2,1-13H3/t63?,68-,69+,70?,75-/m1/s1. The van der Waals surface area contributed by atoms with Crippen molar-refractivity contribution in [2.75, 3.05) is 122 Å². The largest absolute Gasteiger partial charge is 0.490 e. The first-order chi connectivity index (χ1) is 49.3. The molecule has 4 aromatic rings. The van der Waals surface area contributed by atoms with Gasteiger partial charge in [-0.05, 0) is 99.9 Å². The minimum atomic E-state index is -1.92. The fourth-order valence-electron chi connectivity index (χ4n) is 9.69. The van der Waals surface area contributed by atoms with Gasteiger partial charge in [-0.1, -0.05) is 107 Å². The second-order valence-electron chi connectivity index (χ2n) is 23.5. The molecule has 0 bridgehead atoms. The molecule has 1 heterocycles. The van der Waals surface area contributed by atoms with Crippen LogP contribution in [0.3, 0.4) is 0 Å². The van der Waals surface area contributed by atoms with E-state index >= 15 is 14.4 Å². The van der Waals surface area contributed by atoms with Crippen molar-refractivity contribution in [3.05, 3.63) is 70.8 Å². The van der Waals surface area contributed by atoms with Crippen LogP contribution in [0.25, 0.3) is 0 Å². The summed E-state index contributed by atoms with van der Waals surface area (Å²) in [4.78, 5) is 61.3. The molecule has 1 saturated heterocycles. The third-order valence-electron chi connectivity index (χ3n) is 15.3. The molecule has 0 N–H and O–H groups in total. The van der Waals surface area contributed by atoms with Gasteiger partial charge in [0.1, 0.15) is 12.7 Å². The van der Waals surface area contributed by atoms with Gasteiger partial charge in [0.25, 0.3) is 0 Å². The van der Waals surface area contributed by atoms with Crippen molar-refractivity contribution in [2.24, 2.45) is 0 Å². The van der Waals surface area contributed by atoms with Gasteiger partial charge in [0.05, 0.1) is 75.1 Å². The highest BCUT2D eigenvalue weighted by Crippen LogP contribution is 2.45. The number of hydrogen-bond acceptors (Lipinski definition) is 26. The van der Waals surface area contributed by atoms with Crippen LogP contribution in [0.1, 0.15) is 200 Å². The molecule has 5 atom stereocenters. The van der Waals surface area contributed by atoms with Crippen LogP contribution in [-0.2, 0) is 47.4 Å². The zero-order valence-electron chi connectivity index (χ0n) is 61.6. The van der Waals surface area contributed by atoms with Crippen LogP contribution in [0.4, 0.5) is 0 Å². The maximum atomic E-state index is 15.7. The molecule has 0 aliphatic carbocycles. The fraction of sp³-hybridized carbons (Fsp3) is 0.627. The molecule has 101 heavy (non-hydrogen) atoms. The van der Waals surface area contributed by atoms with Gasteiger partial charge in [0.2, 0.25) is 23.0 Å². The van der Waals surface area contributed by atoms with Crippen LogP contribution in [0.5, 0.6) is 69.0 Å². The highest BCUT2D eigenvalue weighted by atomic mass is 16.7. The molecule has 26 nitrogen and oxygen atoms in total. The van der Waals surface area contributed by atoms with E-state index in [2.05, 4.69) is 0 Å². The summed E-state index contributed by atoms with van der Waals surface area (Å²) in [6.45, 7) is 16.5. The van der Waals surface area contributed by atoms with Crippen LogP contribution in [0, 0.1) is 0 Å². The number of carbonyl (C=O) groups excluding carboxylic acids is 4. The molecule has 1 fully saturated rings. The minimum Gasteiger partial charge on any atom is -0.490 e. The van der Waals surface area contributed by atoms with Gasteiger partial charge < -0.3 is 104 Å². The van der Waals surface area contributed by atoms with E-state index in [-0.39, 0.29) is 152 Å². The summed E-state index contributed by atoms with van der Waals surface area (Å²) in [7, 11) is 6.96. The highest BCUT2D eigenvalue weighted by Gasteiger charge is 2.54. The Morgan fingerprint density at radius 1 is 0.307 bits per heavy atom. The van der Waals surface area contributed by atoms with Crippen molar-refractivity contribution in [3.63, 3.8) is 0 Å². The lowest BCUT2D eigenvalue weighted by atomic mass is 9.97. The zero-order chi connectivity index (χ0) is 73.2. The molecule has 1 aliphatic rings. The van der Waals surface area contributed by atoms with Crippen molar-refractivity contribution in [3.8, 4) is 69.0 Å². The molecule has 4 aromatic carbocycles. The monoisotopic (exact) mass is 1430 g/mol. The Kier molecular flexibility index (Phi) is 39.9. The Bertz CT molecular complexity index is 2940. The molecule has 0 radical (unpaired) electrons. The van der Waals surface area contributed by atoms with Gasteiger partial charge in [0, 0.05) is 35.5 Å². The van der Waals surface area contributed by atoms with Gasteiger partial charge >= 0.3 is 23.9 Å². The van der Waals surface area contributed by atoms with Crippen LogP contribution >= 0.6 is 0 Å². The summed E-state index contributed by atoms with van der Waals surface area (Å²) >= 11 is 0. The maximum absolute atomic E-state index is 15.7. The van der Waals surface area contributed by atoms with Crippen molar-refractivity contribution < 1.29 is 123 Å². The van der Waals surface area contributed by atoms with Crippen molar-refractivity contribution in [2.45, 2.75) is 189 Å². The Hall–Kier alpha value is -7.88. The quantitative estimate of drug-likeness (QED) is 0.0172. The fourth-order valence-corrected chi connectivity index (χ4v) is 9.69. The lowest BCUT2D eigenvalue weighted by Crippen LogP contribution is -2.63. The Labute approximate surface area is 595 Å². The van der Waals surface area contributed by atoms with Gasteiger partial charge in [0.15, 0.2) is 97.8 Å². The van der Waals surface area contributed by atoms with E-state index in [1.807, 2.05) is 55.4 Å². The lowest BCUT2D eigenvalue weighted by Gasteiger charge is -2.44.